The Morgan fingerprint density at radius 1 is 0.206 bits per heavy atom. The molecule has 36 nitrogen and oxygen atoms in total. The van der Waals surface area contributed by atoms with Gasteiger partial charge < -0.3 is 106 Å². The molecule has 126 heavy (non-hydrogen) atoms. The van der Waals surface area contributed by atoms with Gasteiger partial charge in [0, 0.05) is 28.4 Å². The van der Waals surface area contributed by atoms with E-state index in [1.807, 2.05) is 0 Å². The number of carboxylic acids is 4. The maximum absolute atomic E-state index is 14.4. The third-order valence-electron chi connectivity index (χ3n) is 32.9. The van der Waals surface area contributed by atoms with Crippen molar-refractivity contribution in [2.75, 3.05) is 122 Å². The van der Waals surface area contributed by atoms with Crippen LogP contribution in [-0.2, 0) is 152 Å². The highest BCUT2D eigenvalue weighted by atomic mass is 16.7. The first kappa shape index (κ1) is 93.0. The number of esters is 10. The van der Waals surface area contributed by atoms with Crippen LogP contribution in [0.25, 0.3) is 0 Å². The number of fused-ring (bicyclic) bond motifs is 16. The Hall–Kier alpha value is -7.74. The van der Waals surface area contributed by atoms with E-state index < -0.39 is 236 Å². The molecule has 16 rings (SSSR count). The van der Waals surface area contributed by atoms with Gasteiger partial charge in [0.15, 0.2) is 27.2 Å². The van der Waals surface area contributed by atoms with E-state index in [-0.39, 0.29) is 142 Å². The molecule has 36 heteroatoms. The maximum Gasteiger partial charge on any atom is 0.313 e. The average Bonchev–Trinajstić information content (AvgIpc) is 1.59. The average molecular weight is 1780 g/mol. The predicted octanol–water partition coefficient (Wildman–Crippen LogP) is 6.92. The van der Waals surface area contributed by atoms with Crippen molar-refractivity contribution in [3.8, 4) is 0 Å². The monoisotopic (exact) mass is 1780 g/mol. The normalized spacial score (nSPS) is 38.6. The second-order valence-corrected chi connectivity index (χ2v) is 39.7. The van der Waals surface area contributed by atoms with Crippen molar-refractivity contribution in [3.63, 3.8) is 0 Å². The first-order valence-electron chi connectivity index (χ1n) is 45.6. The summed E-state index contributed by atoms with van der Waals surface area (Å²) in [5.74, 6) is -23.5. The van der Waals surface area contributed by atoms with Gasteiger partial charge in [-0.2, -0.15) is 0 Å². The first-order valence-corrected chi connectivity index (χ1v) is 45.6. The molecule has 0 aromatic heterocycles. The van der Waals surface area contributed by atoms with Gasteiger partial charge in [-0.15, -0.1) is 0 Å². The summed E-state index contributed by atoms with van der Waals surface area (Å²) in [7, 11) is 5.62. The topological polar surface area (TPSA) is 486 Å². The zero-order valence-electron chi connectivity index (χ0n) is 72.2. The summed E-state index contributed by atoms with van der Waals surface area (Å²) >= 11 is 0. The van der Waals surface area contributed by atoms with E-state index in [2.05, 4.69) is 0 Å². The van der Waals surface area contributed by atoms with Crippen LogP contribution >= 0.6 is 0 Å². The van der Waals surface area contributed by atoms with Crippen LogP contribution in [0.3, 0.4) is 0 Å². The van der Waals surface area contributed by atoms with E-state index in [1.54, 1.807) is 0 Å². The number of aliphatic carboxylic acids is 4. The SMILES string of the molecule is COCOC(=O)C1C2CCC(C2)C1OCOCC(COC(=O)C1C2CCC(C2)C1C(=O)OCOC)(COC(=O)C1C2CCC(C2)C1C(=O)OCOC)COC(=O)C1C2CCC(C2)C1C(=O)OCOC.O=C(O)C1C2CCC(C2)C1OCOCC(COC(=O)C1C2CCC(C2)C1C(=O)O)(COC(=O)C1C2CCC(C2)C1C(=O)O)COC(=O)C1C2CCC(C2)C1C(=O)O. The largest absolute Gasteiger partial charge is 0.481 e. The van der Waals surface area contributed by atoms with E-state index in [9.17, 15) is 87.5 Å². The van der Waals surface area contributed by atoms with Gasteiger partial charge in [-0.25, -0.2) is 0 Å². The summed E-state index contributed by atoms with van der Waals surface area (Å²) < 4.78 is 102. The maximum atomic E-state index is 14.4. The van der Waals surface area contributed by atoms with Gasteiger partial charge >= 0.3 is 83.6 Å². The van der Waals surface area contributed by atoms with Crippen LogP contribution in [0.15, 0.2) is 0 Å². The highest BCUT2D eigenvalue weighted by Gasteiger charge is 2.63. The van der Waals surface area contributed by atoms with Gasteiger partial charge in [0.2, 0.25) is 0 Å². The molecular weight excluding hydrogens is 1660 g/mol. The number of carboxylic acid groups (broad SMARTS) is 4. The Balaban J connectivity index is 0.000000198. The fraction of sp³-hybridized carbons (Fsp3) is 0.844. The van der Waals surface area contributed by atoms with Crippen LogP contribution in [0.2, 0.25) is 0 Å². The molecular formula is C90H124O36. The zero-order chi connectivity index (χ0) is 89.2. The second-order valence-electron chi connectivity index (χ2n) is 39.7. The van der Waals surface area contributed by atoms with Crippen molar-refractivity contribution in [2.45, 2.75) is 166 Å². The molecule has 0 spiro atoms. The third-order valence-corrected chi connectivity index (χ3v) is 32.9. The molecule has 16 bridgehead atoms. The molecule has 16 fully saturated rings. The lowest BCUT2D eigenvalue weighted by atomic mass is 9.79. The molecule has 32 unspecified atom stereocenters. The number of carbonyl (C=O) groups excluding carboxylic acids is 10. The third kappa shape index (κ3) is 19.1. The molecule has 4 N–H and O–H groups in total. The minimum atomic E-state index is -1.62. The van der Waals surface area contributed by atoms with E-state index in [0.717, 1.165) is 77.0 Å². The molecule has 0 aromatic carbocycles. The van der Waals surface area contributed by atoms with E-state index >= 15 is 0 Å². The Kier molecular flexibility index (Phi) is 29.7. The molecule has 16 aliphatic carbocycles. The molecule has 0 radical (unpaired) electrons. The number of hydrogen-bond acceptors (Lipinski definition) is 32. The van der Waals surface area contributed by atoms with Gasteiger partial charge in [-0.1, -0.05) is 0 Å². The quantitative estimate of drug-likeness (QED) is 0.0208. The number of rotatable bonds is 44. The van der Waals surface area contributed by atoms with Crippen molar-refractivity contribution in [2.24, 2.45) is 188 Å². The Morgan fingerprint density at radius 3 is 0.595 bits per heavy atom. The lowest BCUT2D eigenvalue weighted by Gasteiger charge is -2.36. The van der Waals surface area contributed by atoms with Crippen molar-refractivity contribution in [1.29, 1.82) is 0 Å². The molecule has 16 aliphatic rings. The van der Waals surface area contributed by atoms with Crippen molar-refractivity contribution in [1.82, 2.24) is 0 Å². The summed E-state index contributed by atoms with van der Waals surface area (Å²) in [6, 6.07) is 0. The summed E-state index contributed by atoms with van der Waals surface area (Å²) in [4.78, 5) is 187. The number of hydrogen-bond donors (Lipinski definition) is 4. The van der Waals surface area contributed by atoms with Crippen molar-refractivity contribution in [3.05, 3.63) is 0 Å². The summed E-state index contributed by atoms with van der Waals surface area (Å²) in [5.41, 5.74) is -3.21. The second kappa shape index (κ2) is 40.3. The molecule has 0 amide bonds. The zero-order valence-corrected chi connectivity index (χ0v) is 72.2. The van der Waals surface area contributed by atoms with Crippen LogP contribution in [0, 0.1) is 188 Å². The van der Waals surface area contributed by atoms with Gasteiger partial charge in [0.05, 0.1) is 119 Å². The first-order chi connectivity index (χ1) is 60.7. The number of methoxy groups -OCH3 is 4. The highest BCUT2D eigenvalue weighted by Crippen LogP contribution is 2.60. The highest BCUT2D eigenvalue weighted by molar-refractivity contribution is 5.88. The predicted molar refractivity (Wildman–Crippen MR) is 420 cm³/mol. The molecule has 700 valence electrons. The van der Waals surface area contributed by atoms with E-state index in [4.69, 9.17) is 85.3 Å². The Labute approximate surface area is 730 Å². The molecule has 16 saturated carbocycles. The van der Waals surface area contributed by atoms with Crippen molar-refractivity contribution >= 4 is 83.6 Å². The minimum Gasteiger partial charge on any atom is -0.481 e. The fourth-order valence-electron chi connectivity index (χ4n) is 27.5. The van der Waals surface area contributed by atoms with Crippen LogP contribution in [0.5, 0.6) is 0 Å². The summed E-state index contributed by atoms with van der Waals surface area (Å²) in [6.45, 7) is -5.58. The molecule has 0 saturated heterocycles. The van der Waals surface area contributed by atoms with Crippen molar-refractivity contribution < 1.29 is 173 Å². The standard InChI is InChI=1S/C49H70O20.C41H54O16/c1-57-21-66-45(53)37-29-8-5-26(13-29)34(37)42(50)62-18-49(17-61-25-65-41-33-12-11-32(16-33)40(41)48(56)69-24-60-4,19-63-43(51)35-27-6-9-30(14-27)38(35)46(54)67-22-58-2)20-64-44(52)36-28-7-10-31(15-28)39(36)47(55)68-23-59-3;42-34(43)26-18-1-4-21(9-18)29(26)38(50)54-14-41(13-53-17-57-33-25-8-7-24(12-25)32(33)37(48)49,15-55-39(51)30-22-5-2-19(10-22)27(30)35(44)45)16-56-40(52)31-23-6-3-20(11-23)28(31)36(46)47/h26-41H,5-25H2,1-4H3;18-33H,1-17H2,(H,42,43)(H,44,45)(H,46,47)(H,48,49). The summed E-state index contributed by atoms with van der Waals surface area (Å²) in [5, 5.41) is 40.0. The van der Waals surface area contributed by atoms with Gasteiger partial charge in [0.25, 0.3) is 0 Å². The van der Waals surface area contributed by atoms with E-state index in [1.165, 1.54) is 28.4 Å². The van der Waals surface area contributed by atoms with Crippen LogP contribution in [0.1, 0.15) is 154 Å². The van der Waals surface area contributed by atoms with Gasteiger partial charge in [0.1, 0.15) is 53.2 Å². The molecule has 0 aliphatic heterocycles. The smallest absolute Gasteiger partial charge is 0.313 e. The number of carbonyl (C=O) groups is 14. The lowest BCUT2D eigenvalue weighted by Crippen LogP contribution is -2.47. The van der Waals surface area contributed by atoms with Crippen LogP contribution in [-0.4, -0.2) is 238 Å². The Morgan fingerprint density at radius 2 is 0.373 bits per heavy atom. The van der Waals surface area contributed by atoms with Crippen LogP contribution < -0.4 is 0 Å². The van der Waals surface area contributed by atoms with Crippen LogP contribution in [0.4, 0.5) is 0 Å². The molecule has 0 heterocycles. The molecule has 32 atom stereocenters. The Bertz CT molecular complexity index is 3690. The molecule has 0 aromatic rings. The minimum absolute atomic E-state index is 0.00345. The van der Waals surface area contributed by atoms with E-state index in [0.29, 0.717) is 77.0 Å². The van der Waals surface area contributed by atoms with Gasteiger partial charge in [-0.3, -0.25) is 67.1 Å². The van der Waals surface area contributed by atoms with Gasteiger partial charge in [-0.05, 0) is 249 Å². The fourth-order valence-corrected chi connectivity index (χ4v) is 27.5. The summed E-state index contributed by atoms with van der Waals surface area (Å²) in [6.07, 6.45) is 16.0. The number of ether oxygens (including phenoxy) is 18. The lowest BCUT2D eigenvalue weighted by molar-refractivity contribution is -0.192.